The van der Waals surface area contributed by atoms with Gasteiger partial charge in [0.05, 0.1) is 10.6 Å². The SMILES string of the molecule is CCCN(CC)c1nc(C(C)CC)c(C=O)s1. The summed E-state index contributed by atoms with van der Waals surface area (Å²) in [6.45, 7) is 10.5. The topological polar surface area (TPSA) is 33.2 Å². The highest BCUT2D eigenvalue weighted by Gasteiger charge is 2.18. The first kappa shape index (κ1) is 14.2. The smallest absolute Gasteiger partial charge is 0.186 e. The zero-order valence-corrected chi connectivity index (χ0v) is 12.0. The monoisotopic (exact) mass is 254 g/mol. The number of anilines is 1. The van der Waals surface area contributed by atoms with E-state index in [2.05, 4.69) is 37.6 Å². The fraction of sp³-hybridized carbons (Fsp3) is 0.692. The van der Waals surface area contributed by atoms with E-state index in [4.69, 9.17) is 0 Å². The van der Waals surface area contributed by atoms with Gasteiger partial charge in [-0.05, 0) is 25.7 Å². The van der Waals surface area contributed by atoms with Crippen molar-refractivity contribution < 1.29 is 4.79 Å². The van der Waals surface area contributed by atoms with Gasteiger partial charge >= 0.3 is 0 Å². The first-order valence-electron chi connectivity index (χ1n) is 6.38. The second kappa shape index (κ2) is 6.74. The third-order valence-electron chi connectivity index (χ3n) is 3.00. The average Bonchev–Trinajstić information content (AvgIpc) is 2.78. The molecule has 0 saturated carbocycles. The molecule has 0 spiro atoms. The van der Waals surface area contributed by atoms with Crippen molar-refractivity contribution >= 4 is 22.8 Å². The van der Waals surface area contributed by atoms with Crippen LogP contribution >= 0.6 is 11.3 Å². The molecule has 1 unspecified atom stereocenters. The molecular formula is C13H22N2OS. The van der Waals surface area contributed by atoms with Gasteiger partial charge in [0.15, 0.2) is 11.4 Å². The molecule has 1 aromatic rings. The van der Waals surface area contributed by atoms with Crippen LogP contribution in [0.5, 0.6) is 0 Å². The van der Waals surface area contributed by atoms with Crippen molar-refractivity contribution in [1.29, 1.82) is 0 Å². The number of nitrogens with zero attached hydrogens (tertiary/aromatic N) is 2. The van der Waals surface area contributed by atoms with Crippen LogP contribution in [0.25, 0.3) is 0 Å². The summed E-state index contributed by atoms with van der Waals surface area (Å²) in [5.41, 5.74) is 0.969. The number of rotatable bonds is 7. The predicted molar refractivity (Wildman–Crippen MR) is 74.4 cm³/mol. The van der Waals surface area contributed by atoms with Crippen molar-refractivity contribution in [1.82, 2.24) is 4.98 Å². The molecule has 0 saturated heterocycles. The maximum atomic E-state index is 11.1. The predicted octanol–water partition coefficient (Wildman–Crippen LogP) is 3.71. The Labute approximate surface area is 108 Å². The summed E-state index contributed by atoms with van der Waals surface area (Å²) < 4.78 is 0. The second-order valence-corrected chi connectivity index (χ2v) is 5.26. The first-order chi connectivity index (χ1) is 8.17. The van der Waals surface area contributed by atoms with Crippen LogP contribution in [0, 0.1) is 0 Å². The molecule has 3 nitrogen and oxygen atoms in total. The molecule has 0 aromatic carbocycles. The summed E-state index contributed by atoms with van der Waals surface area (Å²) in [7, 11) is 0. The molecule has 0 radical (unpaired) electrons. The van der Waals surface area contributed by atoms with Crippen LogP contribution in [0.3, 0.4) is 0 Å². The number of aldehydes is 1. The lowest BCUT2D eigenvalue weighted by molar-refractivity contribution is 0.112. The minimum atomic E-state index is 0.362. The van der Waals surface area contributed by atoms with Crippen molar-refractivity contribution in [3.63, 3.8) is 0 Å². The molecule has 0 aliphatic heterocycles. The van der Waals surface area contributed by atoms with Crippen molar-refractivity contribution in [3.05, 3.63) is 10.6 Å². The van der Waals surface area contributed by atoms with Gasteiger partial charge in [-0.15, -0.1) is 0 Å². The molecule has 1 rings (SSSR count). The zero-order chi connectivity index (χ0) is 12.8. The van der Waals surface area contributed by atoms with Crippen LogP contribution in [-0.4, -0.2) is 24.4 Å². The summed E-state index contributed by atoms with van der Waals surface area (Å²) in [5, 5.41) is 0.992. The van der Waals surface area contributed by atoms with E-state index in [0.717, 1.165) is 47.9 Å². The summed E-state index contributed by atoms with van der Waals surface area (Å²) in [4.78, 5) is 18.8. The van der Waals surface area contributed by atoms with Crippen LogP contribution in [0.1, 0.15) is 61.8 Å². The van der Waals surface area contributed by atoms with E-state index in [1.807, 2.05) is 0 Å². The van der Waals surface area contributed by atoms with E-state index >= 15 is 0 Å². The highest BCUT2D eigenvalue weighted by Crippen LogP contribution is 2.31. The van der Waals surface area contributed by atoms with E-state index in [1.54, 1.807) is 0 Å². The van der Waals surface area contributed by atoms with Crippen molar-refractivity contribution in [3.8, 4) is 0 Å². The number of hydrogen-bond acceptors (Lipinski definition) is 4. The third-order valence-corrected chi connectivity index (χ3v) is 4.06. The Bertz CT molecular complexity index is 362. The van der Waals surface area contributed by atoms with E-state index in [9.17, 15) is 4.79 Å². The highest BCUT2D eigenvalue weighted by atomic mass is 32.1. The maximum absolute atomic E-state index is 11.1. The van der Waals surface area contributed by atoms with Gasteiger partial charge in [0.25, 0.3) is 0 Å². The minimum Gasteiger partial charge on any atom is -0.348 e. The molecule has 4 heteroatoms. The van der Waals surface area contributed by atoms with E-state index in [-0.39, 0.29) is 0 Å². The maximum Gasteiger partial charge on any atom is 0.186 e. The van der Waals surface area contributed by atoms with Gasteiger partial charge in [-0.3, -0.25) is 4.79 Å². The average molecular weight is 254 g/mol. The quantitative estimate of drug-likeness (QED) is 0.695. The number of carbonyl (C=O) groups is 1. The van der Waals surface area contributed by atoms with Crippen LogP contribution in [-0.2, 0) is 0 Å². The Morgan fingerprint density at radius 2 is 2.12 bits per heavy atom. The molecule has 0 fully saturated rings. The van der Waals surface area contributed by atoms with E-state index in [1.165, 1.54) is 11.3 Å². The number of thiazole rings is 1. The Balaban J connectivity index is 3.02. The molecule has 1 aromatic heterocycles. The Morgan fingerprint density at radius 3 is 2.59 bits per heavy atom. The van der Waals surface area contributed by atoms with Gasteiger partial charge in [-0.25, -0.2) is 4.98 Å². The summed E-state index contributed by atoms with van der Waals surface area (Å²) in [6, 6.07) is 0. The molecule has 96 valence electrons. The summed E-state index contributed by atoms with van der Waals surface area (Å²) >= 11 is 1.52. The third kappa shape index (κ3) is 3.28. The summed E-state index contributed by atoms with van der Waals surface area (Å²) in [6.07, 6.45) is 3.06. The van der Waals surface area contributed by atoms with Crippen LogP contribution in [0.2, 0.25) is 0 Å². The molecular weight excluding hydrogens is 232 g/mol. The minimum absolute atomic E-state index is 0.362. The molecule has 0 N–H and O–H groups in total. The van der Waals surface area contributed by atoms with Gasteiger partial charge in [0, 0.05) is 13.1 Å². The Hall–Kier alpha value is -0.900. The molecule has 1 atom stereocenters. The lowest BCUT2D eigenvalue weighted by atomic mass is 10.0. The highest BCUT2D eigenvalue weighted by molar-refractivity contribution is 7.17. The van der Waals surface area contributed by atoms with E-state index in [0.29, 0.717) is 5.92 Å². The first-order valence-corrected chi connectivity index (χ1v) is 7.20. The van der Waals surface area contributed by atoms with Crippen molar-refractivity contribution in [2.75, 3.05) is 18.0 Å². The van der Waals surface area contributed by atoms with Gasteiger partial charge in [0.2, 0.25) is 0 Å². The number of carbonyl (C=O) groups excluding carboxylic acids is 1. The van der Waals surface area contributed by atoms with Gasteiger partial charge in [-0.1, -0.05) is 32.1 Å². The van der Waals surface area contributed by atoms with Crippen molar-refractivity contribution in [2.24, 2.45) is 0 Å². The molecule has 0 aliphatic rings. The molecule has 17 heavy (non-hydrogen) atoms. The number of hydrogen-bond donors (Lipinski definition) is 0. The van der Waals surface area contributed by atoms with Crippen LogP contribution in [0.15, 0.2) is 0 Å². The standard InChI is InChI=1S/C13H22N2OS/c1-5-8-15(7-3)13-14-12(10(4)6-2)11(9-16)17-13/h9-10H,5-8H2,1-4H3. The lowest BCUT2D eigenvalue weighted by Gasteiger charge is -2.18. The number of aromatic nitrogens is 1. The second-order valence-electron chi connectivity index (χ2n) is 4.25. The lowest BCUT2D eigenvalue weighted by Crippen LogP contribution is -2.23. The Morgan fingerprint density at radius 1 is 1.41 bits per heavy atom. The summed E-state index contributed by atoms with van der Waals surface area (Å²) in [5.74, 6) is 0.362. The molecule has 0 bridgehead atoms. The largest absolute Gasteiger partial charge is 0.348 e. The van der Waals surface area contributed by atoms with Crippen LogP contribution in [0.4, 0.5) is 5.13 Å². The molecule has 0 aliphatic carbocycles. The molecule has 1 heterocycles. The fourth-order valence-electron chi connectivity index (χ4n) is 1.76. The molecule has 0 amide bonds. The van der Waals surface area contributed by atoms with Crippen molar-refractivity contribution in [2.45, 2.75) is 46.5 Å². The normalized spacial score (nSPS) is 12.5. The van der Waals surface area contributed by atoms with Gasteiger partial charge in [-0.2, -0.15) is 0 Å². The zero-order valence-electron chi connectivity index (χ0n) is 11.2. The van der Waals surface area contributed by atoms with Crippen LogP contribution < -0.4 is 4.90 Å². The van der Waals surface area contributed by atoms with Gasteiger partial charge in [0.1, 0.15) is 0 Å². The van der Waals surface area contributed by atoms with E-state index < -0.39 is 0 Å². The Kier molecular flexibility index (Phi) is 5.62. The fourth-order valence-corrected chi connectivity index (χ4v) is 2.85. The van der Waals surface area contributed by atoms with Gasteiger partial charge < -0.3 is 4.90 Å².